The van der Waals surface area contributed by atoms with Gasteiger partial charge in [-0.3, -0.25) is 9.59 Å². The minimum Gasteiger partial charge on any atom is -0.497 e. The molecule has 0 aliphatic carbocycles. The molecule has 1 amide bonds. The van der Waals surface area contributed by atoms with E-state index in [-0.39, 0.29) is 17.1 Å². The Morgan fingerprint density at radius 1 is 1.42 bits per heavy atom. The third kappa shape index (κ3) is 3.26. The van der Waals surface area contributed by atoms with Crippen molar-refractivity contribution in [2.75, 3.05) is 20.2 Å². The van der Waals surface area contributed by atoms with Crippen LogP contribution in [0.2, 0.25) is 0 Å². The second kappa shape index (κ2) is 6.06. The predicted octanol–water partition coefficient (Wildman–Crippen LogP) is 2.31. The number of hydrogen-bond acceptors (Lipinski definition) is 3. The van der Waals surface area contributed by atoms with Crippen LogP contribution in [-0.4, -0.2) is 36.2 Å². The van der Waals surface area contributed by atoms with Crippen molar-refractivity contribution in [1.82, 2.24) is 4.90 Å². The number of likely N-dealkylation sites (tertiary alicyclic amines) is 1. The van der Waals surface area contributed by atoms with Gasteiger partial charge in [-0.2, -0.15) is 0 Å². The average molecular weight is 282 g/mol. The van der Waals surface area contributed by atoms with E-state index < -0.39 is 0 Å². The van der Waals surface area contributed by atoms with E-state index in [4.69, 9.17) is 16.3 Å². The molecule has 1 saturated heterocycles. The van der Waals surface area contributed by atoms with Gasteiger partial charge in [-0.25, -0.2) is 0 Å². The molecule has 1 atom stereocenters. The van der Waals surface area contributed by atoms with Gasteiger partial charge in [0.2, 0.25) is 5.24 Å². The van der Waals surface area contributed by atoms with Crippen molar-refractivity contribution in [2.24, 2.45) is 5.92 Å². The number of nitrogens with zero attached hydrogens (tertiary/aromatic N) is 1. The van der Waals surface area contributed by atoms with Crippen LogP contribution < -0.4 is 4.74 Å². The highest BCUT2D eigenvalue weighted by Gasteiger charge is 2.27. The Bertz CT molecular complexity index is 489. The number of piperidine rings is 1. The van der Waals surface area contributed by atoms with Gasteiger partial charge in [0.25, 0.3) is 5.91 Å². The molecule has 4 nitrogen and oxygen atoms in total. The van der Waals surface area contributed by atoms with E-state index in [1.807, 2.05) is 0 Å². The van der Waals surface area contributed by atoms with Crippen LogP contribution in [-0.2, 0) is 4.79 Å². The first-order valence-corrected chi connectivity index (χ1v) is 6.62. The molecule has 5 heteroatoms. The number of amides is 1. The van der Waals surface area contributed by atoms with Gasteiger partial charge in [0.15, 0.2) is 0 Å². The molecule has 0 spiro atoms. The predicted molar refractivity (Wildman–Crippen MR) is 72.5 cm³/mol. The molecule has 1 heterocycles. The molecule has 0 bridgehead atoms. The summed E-state index contributed by atoms with van der Waals surface area (Å²) >= 11 is 5.52. The van der Waals surface area contributed by atoms with Crippen LogP contribution in [0.5, 0.6) is 5.75 Å². The molecule has 0 radical (unpaired) electrons. The molecule has 1 aromatic rings. The lowest BCUT2D eigenvalue weighted by molar-refractivity contribution is -0.116. The molecular weight excluding hydrogens is 266 g/mol. The Hall–Kier alpha value is -1.55. The number of carbonyl (C=O) groups is 2. The summed E-state index contributed by atoms with van der Waals surface area (Å²) in [4.78, 5) is 25.2. The lowest BCUT2D eigenvalue weighted by atomic mass is 9.98. The van der Waals surface area contributed by atoms with Crippen molar-refractivity contribution >= 4 is 22.8 Å². The Kier molecular flexibility index (Phi) is 4.43. The normalized spacial score (nSPS) is 19.1. The smallest absolute Gasteiger partial charge is 0.254 e. The fourth-order valence-corrected chi connectivity index (χ4v) is 2.46. The van der Waals surface area contributed by atoms with Crippen LogP contribution >= 0.6 is 11.6 Å². The minimum atomic E-state index is -0.358. The van der Waals surface area contributed by atoms with E-state index in [1.165, 1.54) is 0 Å². The van der Waals surface area contributed by atoms with E-state index in [2.05, 4.69) is 0 Å². The maximum absolute atomic E-state index is 12.4. The Labute approximate surface area is 117 Å². The second-order valence-electron chi connectivity index (χ2n) is 4.63. The number of rotatable bonds is 3. The summed E-state index contributed by atoms with van der Waals surface area (Å²) in [6.45, 7) is 1.06. The maximum atomic E-state index is 12.4. The van der Waals surface area contributed by atoms with Crippen molar-refractivity contribution in [2.45, 2.75) is 12.8 Å². The van der Waals surface area contributed by atoms with Crippen LogP contribution in [0.25, 0.3) is 0 Å². The van der Waals surface area contributed by atoms with Gasteiger partial charge in [0.05, 0.1) is 13.0 Å². The van der Waals surface area contributed by atoms with Crippen LogP contribution in [0.4, 0.5) is 0 Å². The molecule has 2 rings (SSSR count). The van der Waals surface area contributed by atoms with Gasteiger partial charge in [0, 0.05) is 18.7 Å². The monoisotopic (exact) mass is 281 g/mol. The van der Waals surface area contributed by atoms with E-state index in [0.29, 0.717) is 24.4 Å². The molecule has 1 aromatic carbocycles. The molecule has 19 heavy (non-hydrogen) atoms. The van der Waals surface area contributed by atoms with Crippen molar-refractivity contribution in [3.05, 3.63) is 29.8 Å². The maximum Gasteiger partial charge on any atom is 0.254 e. The number of methoxy groups -OCH3 is 1. The van der Waals surface area contributed by atoms with Crippen molar-refractivity contribution in [3.8, 4) is 5.75 Å². The fraction of sp³-hybridized carbons (Fsp3) is 0.429. The van der Waals surface area contributed by atoms with E-state index in [9.17, 15) is 9.59 Å². The zero-order chi connectivity index (χ0) is 13.8. The number of ether oxygens (including phenoxy) is 1. The summed E-state index contributed by atoms with van der Waals surface area (Å²) in [5.41, 5.74) is 0.571. The van der Waals surface area contributed by atoms with Gasteiger partial charge in [-0.1, -0.05) is 6.07 Å². The number of hydrogen-bond donors (Lipinski definition) is 0. The van der Waals surface area contributed by atoms with E-state index >= 15 is 0 Å². The van der Waals surface area contributed by atoms with Crippen molar-refractivity contribution in [1.29, 1.82) is 0 Å². The second-order valence-corrected chi connectivity index (χ2v) is 5.00. The third-order valence-corrected chi connectivity index (χ3v) is 3.65. The Balaban J connectivity index is 2.12. The van der Waals surface area contributed by atoms with Gasteiger partial charge < -0.3 is 9.64 Å². The van der Waals surface area contributed by atoms with Gasteiger partial charge in [0.1, 0.15) is 5.75 Å². The molecule has 1 aliphatic rings. The lowest BCUT2D eigenvalue weighted by Gasteiger charge is -2.31. The van der Waals surface area contributed by atoms with E-state index in [1.54, 1.807) is 36.3 Å². The zero-order valence-electron chi connectivity index (χ0n) is 10.8. The standard InChI is InChI=1S/C14H16ClNO3/c1-19-12-6-2-4-10(8-12)14(18)16-7-3-5-11(9-16)13(15)17/h2,4,6,8,11H,3,5,7,9H2,1H3. The molecular formula is C14H16ClNO3. The van der Waals surface area contributed by atoms with Crippen LogP contribution in [0.1, 0.15) is 23.2 Å². The number of halogens is 1. The summed E-state index contributed by atoms with van der Waals surface area (Å²) in [5.74, 6) is 0.319. The summed E-state index contributed by atoms with van der Waals surface area (Å²) < 4.78 is 5.11. The quantitative estimate of drug-likeness (QED) is 0.799. The Morgan fingerprint density at radius 2 is 2.21 bits per heavy atom. The highest BCUT2D eigenvalue weighted by atomic mass is 35.5. The molecule has 1 unspecified atom stereocenters. The largest absolute Gasteiger partial charge is 0.497 e. The van der Waals surface area contributed by atoms with Gasteiger partial charge in [-0.05, 0) is 42.6 Å². The average Bonchev–Trinajstić information content (AvgIpc) is 2.46. The zero-order valence-corrected chi connectivity index (χ0v) is 11.5. The Morgan fingerprint density at radius 3 is 2.89 bits per heavy atom. The fourth-order valence-electron chi connectivity index (χ4n) is 2.29. The van der Waals surface area contributed by atoms with E-state index in [0.717, 1.165) is 12.8 Å². The van der Waals surface area contributed by atoms with Gasteiger partial charge >= 0.3 is 0 Å². The van der Waals surface area contributed by atoms with Crippen LogP contribution in [0.3, 0.4) is 0 Å². The molecule has 0 aromatic heterocycles. The summed E-state index contributed by atoms with van der Waals surface area (Å²) in [6.07, 6.45) is 1.56. The topological polar surface area (TPSA) is 46.6 Å². The van der Waals surface area contributed by atoms with Crippen molar-refractivity contribution in [3.63, 3.8) is 0 Å². The van der Waals surface area contributed by atoms with Crippen LogP contribution in [0, 0.1) is 5.92 Å². The first-order valence-electron chi connectivity index (χ1n) is 6.24. The first kappa shape index (κ1) is 13.9. The molecule has 102 valence electrons. The molecule has 1 aliphatic heterocycles. The lowest BCUT2D eigenvalue weighted by Crippen LogP contribution is -2.41. The highest BCUT2D eigenvalue weighted by Crippen LogP contribution is 2.21. The van der Waals surface area contributed by atoms with Crippen molar-refractivity contribution < 1.29 is 14.3 Å². The SMILES string of the molecule is COc1cccc(C(=O)N2CCCC(C(=O)Cl)C2)c1. The number of carbonyl (C=O) groups excluding carboxylic acids is 2. The molecule has 0 N–H and O–H groups in total. The number of benzene rings is 1. The van der Waals surface area contributed by atoms with Gasteiger partial charge in [-0.15, -0.1) is 0 Å². The summed E-state index contributed by atoms with van der Waals surface area (Å²) in [5, 5.41) is -0.358. The molecule has 1 fully saturated rings. The highest BCUT2D eigenvalue weighted by molar-refractivity contribution is 6.64. The minimum absolute atomic E-state index is 0.0819. The first-order chi connectivity index (χ1) is 9.11. The molecule has 0 saturated carbocycles. The summed E-state index contributed by atoms with van der Waals surface area (Å²) in [7, 11) is 1.56. The third-order valence-electron chi connectivity index (χ3n) is 3.35. The summed E-state index contributed by atoms with van der Waals surface area (Å²) in [6, 6.07) is 7.02. The van der Waals surface area contributed by atoms with Crippen LogP contribution in [0.15, 0.2) is 24.3 Å².